The van der Waals surface area contributed by atoms with Crippen molar-refractivity contribution in [3.8, 4) is 0 Å². The van der Waals surface area contributed by atoms with Crippen LogP contribution in [0.3, 0.4) is 0 Å². The Hall–Kier alpha value is -0.860. The summed E-state index contributed by atoms with van der Waals surface area (Å²) in [6.45, 7) is 3.74. The SMILES string of the molecule is COC(C)c1ccccc1C(C)O. The lowest BCUT2D eigenvalue weighted by Gasteiger charge is -2.16. The van der Waals surface area contributed by atoms with Gasteiger partial charge in [-0.05, 0) is 25.0 Å². The molecule has 0 amide bonds. The molecule has 2 unspecified atom stereocenters. The second-order valence-corrected chi connectivity index (χ2v) is 3.18. The molecule has 0 saturated carbocycles. The molecular formula is C11H16O2. The van der Waals surface area contributed by atoms with Crippen LogP contribution in [0.5, 0.6) is 0 Å². The van der Waals surface area contributed by atoms with E-state index in [9.17, 15) is 5.11 Å². The molecule has 1 aromatic rings. The van der Waals surface area contributed by atoms with Crippen molar-refractivity contribution >= 4 is 0 Å². The average molecular weight is 180 g/mol. The van der Waals surface area contributed by atoms with Crippen molar-refractivity contribution in [3.63, 3.8) is 0 Å². The zero-order valence-corrected chi connectivity index (χ0v) is 8.32. The van der Waals surface area contributed by atoms with Crippen molar-refractivity contribution in [2.24, 2.45) is 0 Å². The number of ether oxygens (including phenoxy) is 1. The number of hydrogen-bond donors (Lipinski definition) is 1. The molecule has 0 bridgehead atoms. The molecule has 2 heteroatoms. The van der Waals surface area contributed by atoms with E-state index in [1.807, 2.05) is 31.2 Å². The Morgan fingerprint density at radius 2 is 1.69 bits per heavy atom. The van der Waals surface area contributed by atoms with Gasteiger partial charge in [-0.3, -0.25) is 0 Å². The summed E-state index contributed by atoms with van der Waals surface area (Å²) in [6, 6.07) is 7.79. The molecule has 0 aliphatic heterocycles. The van der Waals surface area contributed by atoms with Gasteiger partial charge in [-0.1, -0.05) is 24.3 Å². The maximum absolute atomic E-state index is 9.49. The van der Waals surface area contributed by atoms with Crippen LogP contribution < -0.4 is 0 Å². The smallest absolute Gasteiger partial charge is 0.0796 e. The number of rotatable bonds is 3. The number of hydrogen-bond acceptors (Lipinski definition) is 2. The fourth-order valence-electron chi connectivity index (χ4n) is 1.39. The highest BCUT2D eigenvalue weighted by Crippen LogP contribution is 2.24. The fraction of sp³-hybridized carbons (Fsp3) is 0.455. The lowest BCUT2D eigenvalue weighted by molar-refractivity contribution is 0.114. The molecule has 1 N–H and O–H groups in total. The highest BCUT2D eigenvalue weighted by Gasteiger charge is 2.11. The molecule has 13 heavy (non-hydrogen) atoms. The number of benzene rings is 1. The van der Waals surface area contributed by atoms with E-state index < -0.39 is 6.10 Å². The Kier molecular flexibility index (Phi) is 3.46. The van der Waals surface area contributed by atoms with E-state index in [-0.39, 0.29) is 6.10 Å². The van der Waals surface area contributed by atoms with Crippen LogP contribution in [0, 0.1) is 0 Å². The van der Waals surface area contributed by atoms with Gasteiger partial charge in [0.25, 0.3) is 0 Å². The predicted octanol–water partition coefficient (Wildman–Crippen LogP) is 2.45. The van der Waals surface area contributed by atoms with Crippen molar-refractivity contribution < 1.29 is 9.84 Å². The third-order valence-corrected chi connectivity index (χ3v) is 2.24. The third-order valence-electron chi connectivity index (χ3n) is 2.24. The molecule has 72 valence electrons. The van der Waals surface area contributed by atoms with Gasteiger partial charge in [-0.25, -0.2) is 0 Å². The first-order valence-corrected chi connectivity index (χ1v) is 4.46. The van der Waals surface area contributed by atoms with Gasteiger partial charge in [-0.15, -0.1) is 0 Å². The van der Waals surface area contributed by atoms with E-state index in [0.717, 1.165) is 11.1 Å². The Morgan fingerprint density at radius 3 is 2.15 bits per heavy atom. The number of methoxy groups -OCH3 is 1. The topological polar surface area (TPSA) is 29.5 Å². The summed E-state index contributed by atoms with van der Waals surface area (Å²) in [4.78, 5) is 0. The van der Waals surface area contributed by atoms with Gasteiger partial charge in [0.1, 0.15) is 0 Å². The van der Waals surface area contributed by atoms with E-state index in [0.29, 0.717) is 0 Å². The Morgan fingerprint density at radius 1 is 1.15 bits per heavy atom. The van der Waals surface area contributed by atoms with Crippen molar-refractivity contribution in [2.45, 2.75) is 26.1 Å². The molecular weight excluding hydrogens is 164 g/mol. The summed E-state index contributed by atoms with van der Waals surface area (Å²) in [5.74, 6) is 0. The quantitative estimate of drug-likeness (QED) is 0.774. The summed E-state index contributed by atoms with van der Waals surface area (Å²) in [5, 5.41) is 9.49. The lowest BCUT2D eigenvalue weighted by Crippen LogP contribution is -2.03. The number of aliphatic hydroxyl groups excluding tert-OH is 1. The van der Waals surface area contributed by atoms with Crippen LogP contribution in [0.1, 0.15) is 37.2 Å². The molecule has 0 saturated heterocycles. The van der Waals surface area contributed by atoms with Gasteiger partial charge in [-0.2, -0.15) is 0 Å². The van der Waals surface area contributed by atoms with Gasteiger partial charge >= 0.3 is 0 Å². The van der Waals surface area contributed by atoms with Crippen LogP contribution in [0.2, 0.25) is 0 Å². The normalized spacial score (nSPS) is 15.4. The number of aliphatic hydroxyl groups is 1. The van der Waals surface area contributed by atoms with Gasteiger partial charge in [0.2, 0.25) is 0 Å². The van der Waals surface area contributed by atoms with Crippen LogP contribution in [-0.2, 0) is 4.74 Å². The molecule has 0 radical (unpaired) electrons. The van der Waals surface area contributed by atoms with Crippen molar-refractivity contribution in [2.75, 3.05) is 7.11 Å². The molecule has 0 heterocycles. The minimum Gasteiger partial charge on any atom is -0.389 e. The molecule has 1 rings (SSSR count). The predicted molar refractivity (Wildman–Crippen MR) is 52.5 cm³/mol. The largest absolute Gasteiger partial charge is 0.389 e. The molecule has 0 aliphatic carbocycles. The maximum atomic E-state index is 9.49. The standard InChI is InChI=1S/C11H16O2/c1-8(12)10-6-4-5-7-11(10)9(2)13-3/h4-9,12H,1-3H3. The van der Waals surface area contributed by atoms with Crippen LogP contribution in [0.15, 0.2) is 24.3 Å². The van der Waals surface area contributed by atoms with Crippen LogP contribution in [0.25, 0.3) is 0 Å². The minimum absolute atomic E-state index is 0.0331. The second-order valence-electron chi connectivity index (χ2n) is 3.18. The van der Waals surface area contributed by atoms with Crippen LogP contribution in [-0.4, -0.2) is 12.2 Å². The molecule has 0 spiro atoms. The summed E-state index contributed by atoms with van der Waals surface area (Å²) < 4.78 is 5.22. The lowest BCUT2D eigenvalue weighted by atomic mass is 10.00. The maximum Gasteiger partial charge on any atom is 0.0796 e. The first kappa shape index (κ1) is 10.2. The highest BCUT2D eigenvalue weighted by atomic mass is 16.5. The molecule has 2 nitrogen and oxygen atoms in total. The Labute approximate surface area is 79.2 Å². The van der Waals surface area contributed by atoms with Gasteiger partial charge < -0.3 is 9.84 Å². The van der Waals surface area contributed by atoms with E-state index >= 15 is 0 Å². The van der Waals surface area contributed by atoms with E-state index in [4.69, 9.17) is 4.74 Å². The van der Waals surface area contributed by atoms with Crippen molar-refractivity contribution in [3.05, 3.63) is 35.4 Å². The van der Waals surface area contributed by atoms with Gasteiger partial charge in [0.15, 0.2) is 0 Å². The summed E-state index contributed by atoms with van der Waals surface area (Å²) in [6.07, 6.45) is -0.403. The second kappa shape index (κ2) is 4.40. The Bertz CT molecular complexity index is 269. The van der Waals surface area contributed by atoms with E-state index in [1.165, 1.54) is 0 Å². The molecule has 2 atom stereocenters. The Balaban J connectivity index is 3.04. The zero-order valence-electron chi connectivity index (χ0n) is 8.32. The highest BCUT2D eigenvalue weighted by molar-refractivity contribution is 5.30. The summed E-state index contributed by atoms with van der Waals surface area (Å²) in [5.41, 5.74) is 2.00. The van der Waals surface area contributed by atoms with Crippen LogP contribution >= 0.6 is 0 Å². The minimum atomic E-state index is -0.436. The molecule has 0 fully saturated rings. The summed E-state index contributed by atoms with van der Waals surface area (Å²) in [7, 11) is 1.67. The first-order valence-electron chi connectivity index (χ1n) is 4.46. The van der Waals surface area contributed by atoms with E-state index in [1.54, 1.807) is 14.0 Å². The fourth-order valence-corrected chi connectivity index (χ4v) is 1.39. The van der Waals surface area contributed by atoms with Crippen LogP contribution in [0.4, 0.5) is 0 Å². The van der Waals surface area contributed by atoms with Gasteiger partial charge in [0, 0.05) is 7.11 Å². The van der Waals surface area contributed by atoms with Crippen molar-refractivity contribution in [1.82, 2.24) is 0 Å². The average Bonchev–Trinajstić information content (AvgIpc) is 2.16. The monoisotopic (exact) mass is 180 g/mol. The molecule has 0 aromatic heterocycles. The molecule has 1 aromatic carbocycles. The van der Waals surface area contributed by atoms with E-state index in [2.05, 4.69) is 0 Å². The summed E-state index contributed by atoms with van der Waals surface area (Å²) >= 11 is 0. The van der Waals surface area contributed by atoms with Gasteiger partial charge in [0.05, 0.1) is 12.2 Å². The third kappa shape index (κ3) is 2.29. The molecule has 0 aliphatic rings. The first-order chi connectivity index (χ1) is 6.16. The zero-order chi connectivity index (χ0) is 9.84. The van der Waals surface area contributed by atoms with Crippen molar-refractivity contribution in [1.29, 1.82) is 0 Å².